The number of rotatable bonds is 8. The van der Waals surface area contributed by atoms with E-state index in [1.54, 1.807) is 6.21 Å². The molecule has 0 atom stereocenters. The van der Waals surface area contributed by atoms with Gasteiger partial charge in [-0.3, -0.25) is 10.2 Å². The van der Waals surface area contributed by atoms with E-state index < -0.39 is 5.56 Å². The first-order chi connectivity index (χ1) is 11.7. The molecule has 2 aromatic rings. The predicted molar refractivity (Wildman–Crippen MR) is 94.5 cm³/mol. The Hall–Kier alpha value is -2.54. The zero-order valence-corrected chi connectivity index (χ0v) is 14.3. The minimum absolute atomic E-state index is 0.000434. The van der Waals surface area contributed by atoms with Crippen LogP contribution in [0.3, 0.4) is 0 Å². The van der Waals surface area contributed by atoms with E-state index in [-0.39, 0.29) is 5.02 Å². The van der Waals surface area contributed by atoms with Gasteiger partial charge in [0.25, 0.3) is 5.56 Å². The van der Waals surface area contributed by atoms with Gasteiger partial charge >= 0.3 is 0 Å². The molecule has 1 aromatic carbocycles. The number of ether oxygens (including phenoxy) is 2. The van der Waals surface area contributed by atoms with Crippen LogP contribution in [-0.2, 0) is 0 Å². The number of hydrazone groups is 1. The molecular weight excluding hydrogens is 332 g/mol. The molecule has 7 nitrogen and oxygen atoms in total. The van der Waals surface area contributed by atoms with Crippen LogP contribution >= 0.6 is 11.6 Å². The van der Waals surface area contributed by atoms with Crippen LogP contribution in [0.2, 0.25) is 5.02 Å². The number of nitrogens with zero attached hydrogens (tertiary/aromatic N) is 2. The number of H-pyrrole nitrogens is 1. The van der Waals surface area contributed by atoms with E-state index in [2.05, 4.69) is 20.7 Å². The van der Waals surface area contributed by atoms with Crippen LogP contribution in [0.4, 0.5) is 5.69 Å². The third-order valence-electron chi connectivity index (χ3n) is 2.92. The van der Waals surface area contributed by atoms with Crippen molar-refractivity contribution in [2.45, 2.75) is 20.3 Å². The van der Waals surface area contributed by atoms with E-state index in [0.29, 0.717) is 30.4 Å². The minimum atomic E-state index is -0.479. The van der Waals surface area contributed by atoms with E-state index in [1.807, 2.05) is 32.0 Å². The summed E-state index contributed by atoms with van der Waals surface area (Å²) in [6, 6.07) is 5.53. The van der Waals surface area contributed by atoms with Crippen LogP contribution in [0.5, 0.6) is 11.5 Å². The quantitative estimate of drug-likeness (QED) is 0.564. The van der Waals surface area contributed by atoms with Crippen LogP contribution in [0.1, 0.15) is 25.8 Å². The smallest absolute Gasteiger partial charge is 0.285 e. The molecule has 0 saturated heterocycles. The van der Waals surface area contributed by atoms with Gasteiger partial charge < -0.3 is 9.47 Å². The Kier molecular flexibility index (Phi) is 6.62. The van der Waals surface area contributed by atoms with Crippen molar-refractivity contribution in [3.05, 3.63) is 45.3 Å². The molecule has 8 heteroatoms. The summed E-state index contributed by atoms with van der Waals surface area (Å²) in [5, 5.41) is 9.95. The van der Waals surface area contributed by atoms with Gasteiger partial charge in [0, 0.05) is 0 Å². The van der Waals surface area contributed by atoms with Crippen molar-refractivity contribution in [2.75, 3.05) is 18.6 Å². The number of benzene rings is 1. The van der Waals surface area contributed by atoms with Crippen molar-refractivity contribution < 1.29 is 9.47 Å². The molecule has 2 rings (SSSR count). The lowest BCUT2D eigenvalue weighted by Crippen LogP contribution is -2.10. The topological polar surface area (TPSA) is 88.6 Å². The Morgan fingerprint density at radius 3 is 2.92 bits per heavy atom. The largest absolute Gasteiger partial charge is 0.490 e. The van der Waals surface area contributed by atoms with Crippen LogP contribution in [0.15, 0.2) is 34.3 Å². The highest BCUT2D eigenvalue weighted by Gasteiger charge is 2.06. The molecular formula is C16H19ClN4O3. The Labute approximate surface area is 144 Å². The number of hydrogen-bond donors (Lipinski definition) is 2. The lowest BCUT2D eigenvalue weighted by atomic mass is 10.2. The van der Waals surface area contributed by atoms with Crippen molar-refractivity contribution in [1.29, 1.82) is 0 Å². The van der Waals surface area contributed by atoms with Gasteiger partial charge in [-0.1, -0.05) is 18.5 Å². The van der Waals surface area contributed by atoms with Crippen molar-refractivity contribution in [2.24, 2.45) is 5.10 Å². The van der Waals surface area contributed by atoms with Crippen molar-refractivity contribution >= 4 is 23.5 Å². The molecule has 2 N–H and O–H groups in total. The van der Waals surface area contributed by atoms with Crippen molar-refractivity contribution in [3.8, 4) is 11.5 Å². The summed E-state index contributed by atoms with van der Waals surface area (Å²) in [4.78, 5) is 11.3. The molecule has 0 amide bonds. The molecule has 0 aliphatic rings. The number of hydrogen-bond acceptors (Lipinski definition) is 6. The number of aromatic nitrogens is 2. The highest BCUT2D eigenvalue weighted by Crippen LogP contribution is 2.28. The average Bonchev–Trinajstić information content (AvgIpc) is 2.58. The Balaban J connectivity index is 2.12. The monoisotopic (exact) mass is 350 g/mol. The average molecular weight is 351 g/mol. The molecule has 1 aromatic heterocycles. The number of nitrogens with one attached hydrogen (secondary N) is 2. The number of anilines is 1. The third-order valence-corrected chi connectivity index (χ3v) is 3.30. The molecule has 24 heavy (non-hydrogen) atoms. The highest BCUT2D eigenvalue weighted by molar-refractivity contribution is 6.32. The molecule has 0 saturated carbocycles. The fraction of sp³-hybridized carbons (Fsp3) is 0.312. The van der Waals surface area contributed by atoms with Crippen molar-refractivity contribution in [1.82, 2.24) is 10.2 Å². The minimum Gasteiger partial charge on any atom is -0.490 e. The second kappa shape index (κ2) is 8.93. The van der Waals surface area contributed by atoms with Crippen LogP contribution < -0.4 is 20.5 Å². The molecule has 0 aliphatic heterocycles. The van der Waals surface area contributed by atoms with Gasteiger partial charge in [-0.2, -0.15) is 10.2 Å². The summed E-state index contributed by atoms with van der Waals surface area (Å²) in [7, 11) is 0. The van der Waals surface area contributed by atoms with Gasteiger partial charge in [0.2, 0.25) is 0 Å². The van der Waals surface area contributed by atoms with Crippen LogP contribution in [0.25, 0.3) is 0 Å². The highest BCUT2D eigenvalue weighted by atomic mass is 35.5. The number of halogens is 1. The fourth-order valence-corrected chi connectivity index (χ4v) is 1.98. The second-order valence-corrected chi connectivity index (χ2v) is 5.16. The first kappa shape index (κ1) is 17.8. The summed E-state index contributed by atoms with van der Waals surface area (Å²) in [6.07, 6.45) is 3.89. The summed E-state index contributed by atoms with van der Waals surface area (Å²) in [5.74, 6) is 1.36. The molecule has 0 unspecified atom stereocenters. The maximum absolute atomic E-state index is 11.3. The molecule has 128 valence electrons. The van der Waals surface area contributed by atoms with E-state index in [4.69, 9.17) is 21.1 Å². The maximum Gasteiger partial charge on any atom is 0.285 e. The predicted octanol–water partition coefficient (Wildman–Crippen LogP) is 3.06. The van der Waals surface area contributed by atoms with Crippen LogP contribution in [-0.4, -0.2) is 29.6 Å². The number of aromatic amines is 1. The summed E-state index contributed by atoms with van der Waals surface area (Å²) >= 11 is 5.85. The molecule has 0 fully saturated rings. The Morgan fingerprint density at radius 2 is 2.17 bits per heavy atom. The SMILES string of the molecule is CCCOc1ccc(/C=N\Nc2cn[nH]c(=O)c2Cl)cc1OCC. The first-order valence-corrected chi connectivity index (χ1v) is 7.95. The second-order valence-electron chi connectivity index (χ2n) is 4.78. The van der Waals surface area contributed by atoms with E-state index in [0.717, 1.165) is 12.0 Å². The third kappa shape index (κ3) is 4.73. The normalized spacial score (nSPS) is 10.8. The van der Waals surface area contributed by atoms with Gasteiger partial charge in [0.05, 0.1) is 25.6 Å². The summed E-state index contributed by atoms with van der Waals surface area (Å²) in [6.45, 7) is 5.12. The Morgan fingerprint density at radius 1 is 1.33 bits per heavy atom. The van der Waals surface area contributed by atoms with Gasteiger partial charge in [-0.25, -0.2) is 5.10 Å². The van der Waals surface area contributed by atoms with E-state index in [1.165, 1.54) is 6.20 Å². The fourth-order valence-electron chi connectivity index (χ4n) is 1.84. The van der Waals surface area contributed by atoms with E-state index in [9.17, 15) is 4.79 Å². The van der Waals surface area contributed by atoms with Gasteiger partial charge in [0.15, 0.2) is 11.5 Å². The summed E-state index contributed by atoms with van der Waals surface area (Å²) in [5.41, 5.74) is 3.34. The molecule has 1 heterocycles. The molecule has 0 aliphatic carbocycles. The lowest BCUT2D eigenvalue weighted by Gasteiger charge is -2.11. The first-order valence-electron chi connectivity index (χ1n) is 7.57. The maximum atomic E-state index is 11.3. The van der Waals surface area contributed by atoms with E-state index >= 15 is 0 Å². The Bertz CT molecular complexity index is 761. The van der Waals surface area contributed by atoms with Crippen molar-refractivity contribution in [3.63, 3.8) is 0 Å². The van der Waals surface area contributed by atoms with Gasteiger partial charge in [0.1, 0.15) is 10.7 Å². The lowest BCUT2D eigenvalue weighted by molar-refractivity contribution is 0.277. The zero-order valence-electron chi connectivity index (χ0n) is 13.5. The van der Waals surface area contributed by atoms with Gasteiger partial charge in [-0.05, 0) is 37.1 Å². The molecule has 0 bridgehead atoms. The summed E-state index contributed by atoms with van der Waals surface area (Å²) < 4.78 is 11.2. The zero-order chi connectivity index (χ0) is 17.4. The van der Waals surface area contributed by atoms with Gasteiger partial charge in [-0.15, -0.1) is 0 Å². The van der Waals surface area contributed by atoms with Crippen LogP contribution in [0, 0.1) is 0 Å². The molecule has 0 radical (unpaired) electrons. The molecule has 0 spiro atoms. The standard InChI is InChI=1S/C16H19ClN4O3/c1-3-7-24-13-6-5-11(8-14(13)23-4-2)9-18-20-12-10-19-21-16(22)15(12)17/h5-6,8-10H,3-4,7H2,1-2H3,(H2,20,21,22)/b18-9-.